The van der Waals surface area contributed by atoms with E-state index >= 15 is 0 Å². The fourth-order valence-electron chi connectivity index (χ4n) is 3.15. The summed E-state index contributed by atoms with van der Waals surface area (Å²) in [4.78, 5) is 0. The summed E-state index contributed by atoms with van der Waals surface area (Å²) in [6.07, 6.45) is 7.49. The molecule has 3 rings (SSSR count). The molecule has 0 aromatic heterocycles. The molecule has 0 spiro atoms. The number of hydrogen-bond acceptors (Lipinski definition) is 5. The van der Waals surface area contributed by atoms with Gasteiger partial charge in [-0.2, -0.15) is 15.8 Å². The van der Waals surface area contributed by atoms with Crippen LogP contribution in [0.4, 0.5) is 0 Å². The summed E-state index contributed by atoms with van der Waals surface area (Å²) in [5, 5.41) is 28.1. The molecule has 0 amide bonds. The van der Waals surface area contributed by atoms with Crippen LogP contribution >= 0.6 is 0 Å². The van der Waals surface area contributed by atoms with E-state index in [0.717, 1.165) is 11.1 Å². The van der Waals surface area contributed by atoms with Gasteiger partial charge in [0.1, 0.15) is 40.9 Å². The minimum atomic E-state index is -0.867. The minimum absolute atomic E-state index is 0.0300. The summed E-state index contributed by atoms with van der Waals surface area (Å²) >= 11 is 0. The first-order valence-electron chi connectivity index (χ1n) is 8.67. The zero-order valence-electron chi connectivity index (χ0n) is 15.8. The van der Waals surface area contributed by atoms with E-state index in [-0.39, 0.29) is 16.9 Å². The van der Waals surface area contributed by atoms with Gasteiger partial charge in [-0.15, -0.1) is 0 Å². The molecule has 0 saturated heterocycles. The molecule has 0 saturated carbocycles. The average molecular weight is 367 g/mol. The molecule has 0 unspecified atom stereocenters. The minimum Gasteiger partial charge on any atom is -0.480 e. The van der Waals surface area contributed by atoms with E-state index in [1.807, 2.05) is 55.5 Å². The molecule has 0 aliphatic carbocycles. The van der Waals surface area contributed by atoms with Gasteiger partial charge in [0.25, 0.3) is 0 Å². The van der Waals surface area contributed by atoms with Crippen LogP contribution in [0, 0.1) is 34.0 Å². The van der Waals surface area contributed by atoms with Gasteiger partial charge in [0.15, 0.2) is 11.3 Å². The summed E-state index contributed by atoms with van der Waals surface area (Å²) in [7, 11) is 0. The molecule has 28 heavy (non-hydrogen) atoms. The van der Waals surface area contributed by atoms with Crippen LogP contribution in [0.5, 0.6) is 5.75 Å². The maximum Gasteiger partial charge on any atom is 0.172 e. The average Bonchev–Trinajstić information content (AvgIpc) is 2.93. The zero-order chi connectivity index (χ0) is 20.3. The van der Waals surface area contributed by atoms with Crippen molar-refractivity contribution in [2.45, 2.75) is 26.4 Å². The molecule has 2 aliphatic heterocycles. The molecule has 2 aliphatic rings. The number of rotatable bonds is 2. The van der Waals surface area contributed by atoms with Crippen molar-refractivity contribution in [3.05, 3.63) is 82.4 Å². The fourth-order valence-corrected chi connectivity index (χ4v) is 3.15. The molecule has 0 bridgehead atoms. The Kier molecular flexibility index (Phi) is 4.90. The second-order valence-corrected chi connectivity index (χ2v) is 6.69. The van der Waals surface area contributed by atoms with E-state index in [2.05, 4.69) is 6.07 Å². The second kappa shape index (κ2) is 7.31. The van der Waals surface area contributed by atoms with Crippen molar-refractivity contribution >= 4 is 5.57 Å². The van der Waals surface area contributed by atoms with Crippen molar-refractivity contribution in [2.24, 2.45) is 0 Å². The van der Waals surface area contributed by atoms with E-state index in [1.165, 1.54) is 0 Å². The Morgan fingerprint density at radius 3 is 2.46 bits per heavy atom. The number of hydrogen-bond donors (Lipinski definition) is 0. The molecule has 0 atom stereocenters. The van der Waals surface area contributed by atoms with E-state index in [4.69, 9.17) is 9.47 Å². The van der Waals surface area contributed by atoms with Gasteiger partial charge in [0.05, 0.1) is 0 Å². The maximum absolute atomic E-state index is 9.72. The third-order valence-corrected chi connectivity index (χ3v) is 4.42. The largest absolute Gasteiger partial charge is 0.480 e. The highest BCUT2D eigenvalue weighted by Crippen LogP contribution is 2.43. The highest BCUT2D eigenvalue weighted by molar-refractivity contribution is 5.83. The number of nitriles is 3. The molecular weight excluding hydrogens is 350 g/mol. The number of para-hydroxylation sites is 1. The molecule has 0 N–H and O–H groups in total. The summed E-state index contributed by atoms with van der Waals surface area (Å²) in [6, 6.07) is 13.3. The van der Waals surface area contributed by atoms with Crippen LogP contribution in [0.25, 0.3) is 5.57 Å². The highest BCUT2D eigenvalue weighted by atomic mass is 16.5. The molecule has 136 valence electrons. The van der Waals surface area contributed by atoms with Crippen molar-refractivity contribution in [2.75, 3.05) is 0 Å². The van der Waals surface area contributed by atoms with Gasteiger partial charge in [0, 0.05) is 11.1 Å². The lowest BCUT2D eigenvalue weighted by molar-refractivity contribution is 0.0954. The summed E-state index contributed by atoms with van der Waals surface area (Å²) in [5.74, 6) is 1.42. The van der Waals surface area contributed by atoms with Crippen LogP contribution in [0.1, 0.15) is 26.3 Å². The van der Waals surface area contributed by atoms with E-state index < -0.39 is 5.60 Å². The van der Waals surface area contributed by atoms with Crippen molar-refractivity contribution in [3.63, 3.8) is 0 Å². The molecule has 0 radical (unpaired) electrons. The number of benzene rings is 1. The van der Waals surface area contributed by atoms with Crippen LogP contribution in [-0.2, 0) is 4.74 Å². The monoisotopic (exact) mass is 367 g/mol. The lowest BCUT2D eigenvalue weighted by atomic mass is 9.90. The van der Waals surface area contributed by atoms with Crippen LogP contribution < -0.4 is 4.74 Å². The van der Waals surface area contributed by atoms with Crippen LogP contribution in [0.15, 0.2) is 76.8 Å². The number of nitrogens with zero attached hydrogens (tertiary/aromatic N) is 3. The molecule has 1 aromatic rings. The predicted octanol–water partition coefficient (Wildman–Crippen LogP) is 4.85. The first-order valence-corrected chi connectivity index (χ1v) is 8.67. The smallest absolute Gasteiger partial charge is 0.172 e. The van der Waals surface area contributed by atoms with Crippen LogP contribution in [0.3, 0.4) is 0 Å². The normalized spacial score (nSPS) is 18.5. The highest BCUT2D eigenvalue weighted by Gasteiger charge is 2.39. The summed E-state index contributed by atoms with van der Waals surface area (Å²) in [6.45, 7) is 5.51. The van der Waals surface area contributed by atoms with Gasteiger partial charge < -0.3 is 9.47 Å². The van der Waals surface area contributed by atoms with Gasteiger partial charge >= 0.3 is 0 Å². The molecule has 2 heterocycles. The number of fused-ring (bicyclic) bond motifs is 1. The van der Waals surface area contributed by atoms with Gasteiger partial charge in [-0.25, -0.2) is 0 Å². The third-order valence-electron chi connectivity index (χ3n) is 4.42. The summed E-state index contributed by atoms with van der Waals surface area (Å²) in [5.41, 5.74) is 1.46. The fraction of sp³-hybridized carbons (Fsp3) is 0.174. The molecule has 5 heteroatoms. The first-order chi connectivity index (χ1) is 13.4. The molecule has 0 fully saturated rings. The Hall–Kier alpha value is -4.01. The van der Waals surface area contributed by atoms with Gasteiger partial charge in [-0.3, -0.25) is 0 Å². The summed E-state index contributed by atoms with van der Waals surface area (Å²) < 4.78 is 11.7. The van der Waals surface area contributed by atoms with Gasteiger partial charge in [-0.05, 0) is 50.6 Å². The predicted molar refractivity (Wildman–Crippen MR) is 104 cm³/mol. The second-order valence-electron chi connectivity index (χ2n) is 6.69. The SMILES string of the molecule is C/C=C/C1=CC(=C\C2=C(C#N)C(=C(C#N)C#N)OC2(C)C)/c2ccccc2O1. The van der Waals surface area contributed by atoms with Crippen molar-refractivity contribution in [3.8, 4) is 24.0 Å². The van der Waals surface area contributed by atoms with E-state index in [0.29, 0.717) is 17.1 Å². The lowest BCUT2D eigenvalue weighted by Gasteiger charge is -2.23. The standard InChI is InChI=1S/C23H17N3O2/c1-4-7-17-10-15(18-8-5-6-9-21(18)27-17)11-20-19(14-26)22(16(12-24)13-25)28-23(20,2)3/h4-11H,1-3H3/b7-4+,15-11+. The Bertz CT molecular complexity index is 1110. The number of allylic oxidation sites excluding steroid dienone is 6. The Morgan fingerprint density at radius 2 is 1.82 bits per heavy atom. The van der Waals surface area contributed by atoms with Crippen molar-refractivity contribution < 1.29 is 9.47 Å². The van der Waals surface area contributed by atoms with Gasteiger partial charge in [-0.1, -0.05) is 24.3 Å². The van der Waals surface area contributed by atoms with Gasteiger partial charge in [0.2, 0.25) is 0 Å². The number of ether oxygens (including phenoxy) is 2. The van der Waals surface area contributed by atoms with Crippen LogP contribution in [0.2, 0.25) is 0 Å². The molecular formula is C23H17N3O2. The van der Waals surface area contributed by atoms with E-state index in [1.54, 1.807) is 26.0 Å². The Morgan fingerprint density at radius 1 is 1.11 bits per heavy atom. The quantitative estimate of drug-likeness (QED) is 0.697. The Balaban J connectivity index is 2.28. The first kappa shape index (κ1) is 18.8. The van der Waals surface area contributed by atoms with E-state index in [9.17, 15) is 15.8 Å². The zero-order valence-corrected chi connectivity index (χ0v) is 15.8. The van der Waals surface area contributed by atoms with Crippen molar-refractivity contribution in [1.29, 1.82) is 15.8 Å². The molecule has 1 aromatic carbocycles. The topological polar surface area (TPSA) is 89.8 Å². The lowest BCUT2D eigenvalue weighted by Crippen LogP contribution is -2.21. The maximum atomic E-state index is 9.72. The van der Waals surface area contributed by atoms with Crippen molar-refractivity contribution in [1.82, 2.24) is 0 Å². The third kappa shape index (κ3) is 3.20. The Labute approximate surface area is 164 Å². The van der Waals surface area contributed by atoms with Crippen LogP contribution in [-0.4, -0.2) is 5.60 Å². The molecule has 5 nitrogen and oxygen atoms in total.